The van der Waals surface area contributed by atoms with Crippen LogP contribution in [0.2, 0.25) is 0 Å². The number of amides is 1. The molecule has 5 rings (SSSR count). The standard InChI is InChI=1S/C30H31N5O4/c1-6-29(36)35-16-22(17-35)39-28-14-23-24(15-27(28)38-5)31-18-32-30(23)33-25-13-20(10-11-26(25)37-4)19-8-7-9-21(12-19)34(2)3/h6-15,18,22H,1,16-17H2,2-5H3,(H,31,32,33). The minimum Gasteiger partial charge on any atom is -0.495 e. The Morgan fingerprint density at radius 1 is 1.00 bits per heavy atom. The maximum atomic E-state index is 11.8. The zero-order valence-corrected chi connectivity index (χ0v) is 22.5. The summed E-state index contributed by atoms with van der Waals surface area (Å²) >= 11 is 0. The number of benzene rings is 3. The highest BCUT2D eigenvalue weighted by Gasteiger charge is 2.31. The summed E-state index contributed by atoms with van der Waals surface area (Å²) in [7, 11) is 7.27. The van der Waals surface area contributed by atoms with Gasteiger partial charge in [-0.1, -0.05) is 24.8 Å². The lowest BCUT2D eigenvalue weighted by Crippen LogP contribution is -2.55. The molecular formula is C30H31N5O4. The van der Waals surface area contributed by atoms with E-state index in [0.717, 1.165) is 27.9 Å². The first-order valence-corrected chi connectivity index (χ1v) is 12.5. The Morgan fingerprint density at radius 2 is 1.77 bits per heavy atom. The van der Waals surface area contributed by atoms with Crippen molar-refractivity contribution in [2.75, 3.05) is 51.6 Å². The third-order valence-electron chi connectivity index (χ3n) is 6.70. The van der Waals surface area contributed by atoms with Gasteiger partial charge in [0.1, 0.15) is 24.0 Å². The molecule has 9 nitrogen and oxygen atoms in total. The first-order valence-electron chi connectivity index (χ1n) is 12.5. The van der Waals surface area contributed by atoms with Crippen molar-refractivity contribution in [2.24, 2.45) is 0 Å². The van der Waals surface area contributed by atoms with E-state index in [9.17, 15) is 4.79 Å². The second kappa shape index (κ2) is 10.9. The number of ether oxygens (including phenoxy) is 3. The van der Waals surface area contributed by atoms with Gasteiger partial charge in [0.25, 0.3) is 0 Å². The third kappa shape index (κ3) is 5.29. The van der Waals surface area contributed by atoms with E-state index in [1.165, 1.54) is 12.4 Å². The number of fused-ring (bicyclic) bond motifs is 1. The molecule has 0 bridgehead atoms. The van der Waals surface area contributed by atoms with Gasteiger partial charge in [-0.15, -0.1) is 0 Å². The Balaban J connectivity index is 1.48. The Hall–Kier alpha value is -4.79. The van der Waals surface area contributed by atoms with Gasteiger partial charge in [-0.3, -0.25) is 4.79 Å². The number of methoxy groups -OCH3 is 2. The highest BCUT2D eigenvalue weighted by molar-refractivity contribution is 5.94. The third-order valence-corrected chi connectivity index (χ3v) is 6.70. The number of carbonyl (C=O) groups excluding carboxylic acids is 1. The van der Waals surface area contributed by atoms with Crippen LogP contribution in [0.15, 0.2) is 73.6 Å². The van der Waals surface area contributed by atoms with Gasteiger partial charge in [0.05, 0.1) is 38.5 Å². The number of likely N-dealkylation sites (tertiary alicyclic amines) is 1. The second-order valence-corrected chi connectivity index (χ2v) is 9.41. The molecule has 2 heterocycles. The summed E-state index contributed by atoms with van der Waals surface area (Å²) in [6.45, 7) is 4.52. The molecule has 0 unspecified atom stereocenters. The van der Waals surface area contributed by atoms with Crippen LogP contribution in [-0.2, 0) is 4.79 Å². The summed E-state index contributed by atoms with van der Waals surface area (Å²) in [5, 5.41) is 4.20. The number of rotatable bonds is 9. The van der Waals surface area contributed by atoms with E-state index in [2.05, 4.69) is 45.0 Å². The Morgan fingerprint density at radius 3 is 2.49 bits per heavy atom. The van der Waals surface area contributed by atoms with Crippen LogP contribution in [0.5, 0.6) is 17.2 Å². The average molecular weight is 526 g/mol. The molecule has 1 aliphatic rings. The predicted octanol–water partition coefficient (Wildman–Crippen LogP) is 4.90. The van der Waals surface area contributed by atoms with Crippen molar-refractivity contribution in [3.8, 4) is 28.4 Å². The van der Waals surface area contributed by atoms with E-state index >= 15 is 0 Å². The summed E-state index contributed by atoms with van der Waals surface area (Å²) in [6, 6.07) is 18.1. The SMILES string of the molecule is C=CC(=O)N1CC(Oc2cc3c(Nc4cc(-c5cccc(N(C)C)c5)ccc4OC)ncnc3cc2OC)C1. The lowest BCUT2D eigenvalue weighted by Gasteiger charge is -2.38. The molecule has 1 saturated heterocycles. The van der Waals surface area contributed by atoms with Gasteiger partial charge in [-0.05, 0) is 47.5 Å². The van der Waals surface area contributed by atoms with Crippen molar-refractivity contribution < 1.29 is 19.0 Å². The molecule has 1 aliphatic heterocycles. The number of aromatic nitrogens is 2. The molecule has 0 radical (unpaired) electrons. The van der Waals surface area contributed by atoms with Crippen molar-refractivity contribution in [1.29, 1.82) is 0 Å². The van der Waals surface area contributed by atoms with Crippen LogP contribution in [0.3, 0.4) is 0 Å². The molecule has 0 aliphatic carbocycles. The van der Waals surface area contributed by atoms with E-state index in [1.807, 2.05) is 50.5 Å². The van der Waals surface area contributed by atoms with Gasteiger partial charge in [-0.2, -0.15) is 0 Å². The van der Waals surface area contributed by atoms with Crippen molar-refractivity contribution in [1.82, 2.24) is 14.9 Å². The largest absolute Gasteiger partial charge is 0.495 e. The maximum Gasteiger partial charge on any atom is 0.246 e. The smallest absolute Gasteiger partial charge is 0.246 e. The monoisotopic (exact) mass is 525 g/mol. The Labute approximate surface area is 227 Å². The number of anilines is 3. The normalized spacial score (nSPS) is 13.0. The summed E-state index contributed by atoms with van der Waals surface area (Å²) in [4.78, 5) is 24.5. The summed E-state index contributed by atoms with van der Waals surface area (Å²) in [5.41, 5.74) is 4.70. The van der Waals surface area contributed by atoms with Crippen LogP contribution in [0.25, 0.3) is 22.0 Å². The number of nitrogens with one attached hydrogen (secondary N) is 1. The highest BCUT2D eigenvalue weighted by Crippen LogP contribution is 2.38. The van der Waals surface area contributed by atoms with Crippen LogP contribution < -0.4 is 24.4 Å². The van der Waals surface area contributed by atoms with Gasteiger partial charge < -0.3 is 29.3 Å². The highest BCUT2D eigenvalue weighted by atomic mass is 16.5. The fourth-order valence-corrected chi connectivity index (χ4v) is 4.49. The van der Waals surface area contributed by atoms with Crippen LogP contribution >= 0.6 is 0 Å². The number of nitrogens with zero attached hydrogens (tertiary/aromatic N) is 4. The molecule has 9 heteroatoms. The molecule has 0 saturated carbocycles. The lowest BCUT2D eigenvalue weighted by atomic mass is 10.0. The fourth-order valence-electron chi connectivity index (χ4n) is 4.49. The molecule has 1 N–H and O–H groups in total. The Bertz CT molecular complexity index is 1530. The summed E-state index contributed by atoms with van der Waals surface area (Å²) in [6.07, 6.45) is 2.67. The number of hydrogen-bond acceptors (Lipinski definition) is 8. The quantitative estimate of drug-likeness (QED) is 0.309. The van der Waals surface area contributed by atoms with Gasteiger partial charge in [0.15, 0.2) is 11.5 Å². The predicted molar refractivity (Wildman–Crippen MR) is 153 cm³/mol. The molecule has 0 spiro atoms. The van der Waals surface area contributed by atoms with Crippen LogP contribution in [0, 0.1) is 0 Å². The van der Waals surface area contributed by atoms with E-state index in [4.69, 9.17) is 14.2 Å². The molecule has 4 aromatic rings. The molecule has 0 atom stereocenters. The van der Waals surface area contributed by atoms with Crippen molar-refractivity contribution in [2.45, 2.75) is 6.10 Å². The summed E-state index contributed by atoms with van der Waals surface area (Å²) in [5.74, 6) is 2.29. The van der Waals surface area contributed by atoms with Gasteiger partial charge in [-0.25, -0.2) is 9.97 Å². The van der Waals surface area contributed by atoms with E-state index < -0.39 is 0 Å². The topological polar surface area (TPSA) is 89.1 Å². The molecule has 1 fully saturated rings. The molecule has 3 aromatic carbocycles. The first-order chi connectivity index (χ1) is 18.9. The molecule has 39 heavy (non-hydrogen) atoms. The van der Waals surface area contributed by atoms with E-state index in [-0.39, 0.29) is 12.0 Å². The summed E-state index contributed by atoms with van der Waals surface area (Å²) < 4.78 is 17.4. The van der Waals surface area contributed by atoms with Crippen LogP contribution in [0.1, 0.15) is 0 Å². The van der Waals surface area contributed by atoms with Crippen molar-refractivity contribution >= 4 is 34.0 Å². The minimum atomic E-state index is -0.143. The van der Waals surface area contributed by atoms with E-state index in [0.29, 0.717) is 41.7 Å². The molecular weight excluding hydrogens is 494 g/mol. The van der Waals surface area contributed by atoms with Crippen molar-refractivity contribution in [3.63, 3.8) is 0 Å². The Kier molecular flexibility index (Phi) is 7.23. The fraction of sp³-hybridized carbons (Fsp3) is 0.233. The number of carbonyl (C=O) groups is 1. The van der Waals surface area contributed by atoms with Gasteiger partial charge >= 0.3 is 0 Å². The molecule has 1 amide bonds. The zero-order chi connectivity index (χ0) is 27.5. The maximum absolute atomic E-state index is 11.8. The van der Waals surface area contributed by atoms with E-state index in [1.54, 1.807) is 19.1 Å². The van der Waals surface area contributed by atoms with Gasteiger partial charge in [0.2, 0.25) is 5.91 Å². The minimum absolute atomic E-state index is 0.107. The first kappa shape index (κ1) is 25.8. The van der Waals surface area contributed by atoms with Crippen molar-refractivity contribution in [3.05, 3.63) is 73.6 Å². The van der Waals surface area contributed by atoms with Crippen LogP contribution in [0.4, 0.5) is 17.2 Å². The molecule has 1 aromatic heterocycles. The van der Waals surface area contributed by atoms with Gasteiger partial charge in [0, 0.05) is 31.2 Å². The van der Waals surface area contributed by atoms with Crippen LogP contribution in [-0.4, -0.2) is 68.3 Å². The average Bonchev–Trinajstić information content (AvgIpc) is 2.94. The lowest BCUT2D eigenvalue weighted by molar-refractivity contribution is -0.134. The zero-order valence-electron chi connectivity index (χ0n) is 22.5. The number of hydrogen-bond donors (Lipinski definition) is 1. The molecule has 200 valence electrons. The second-order valence-electron chi connectivity index (χ2n) is 9.41.